The molecule has 0 saturated carbocycles. The zero-order chi connectivity index (χ0) is 30.9. The third kappa shape index (κ3) is 6.66. The summed E-state index contributed by atoms with van der Waals surface area (Å²) in [5.74, 6) is 2.80. The summed E-state index contributed by atoms with van der Waals surface area (Å²) in [6.45, 7) is 16.9. The van der Waals surface area contributed by atoms with Crippen LogP contribution in [-0.4, -0.2) is 31.3 Å². The van der Waals surface area contributed by atoms with E-state index >= 15 is 0 Å². The van der Waals surface area contributed by atoms with Gasteiger partial charge in [-0.05, 0) is 81.8 Å². The number of benzene rings is 3. The van der Waals surface area contributed by atoms with E-state index in [4.69, 9.17) is 19.4 Å². The predicted molar refractivity (Wildman–Crippen MR) is 173 cm³/mol. The molecule has 3 aromatic carbocycles. The molecule has 0 fully saturated rings. The lowest BCUT2D eigenvalue weighted by Crippen LogP contribution is -2.26. The molecule has 0 saturated heterocycles. The van der Waals surface area contributed by atoms with Crippen molar-refractivity contribution < 1.29 is 14.3 Å². The van der Waals surface area contributed by atoms with Crippen LogP contribution in [0.3, 0.4) is 0 Å². The van der Waals surface area contributed by atoms with E-state index in [0.717, 1.165) is 74.7 Å². The number of carbonyl (C=O) groups is 1. The molecule has 224 valence electrons. The number of nitrogens with one attached hydrogen (secondary N) is 1. The highest BCUT2D eigenvalue weighted by Crippen LogP contribution is 2.32. The maximum atomic E-state index is 12.4. The normalized spacial score (nSPS) is 11.8. The molecular weight excluding hydrogens is 536 g/mol. The second-order valence-corrected chi connectivity index (χ2v) is 12.5. The molecule has 0 aliphatic carbocycles. The topological polar surface area (TPSA) is 82.0 Å². The number of fused-ring (bicyclic) bond motifs is 1. The minimum Gasteiger partial charge on any atom is -0.428 e. The fourth-order valence-electron chi connectivity index (χ4n) is 5.47. The number of para-hydroxylation sites is 1. The molecule has 2 heterocycles. The van der Waals surface area contributed by atoms with Gasteiger partial charge in [0.05, 0.1) is 16.7 Å². The van der Waals surface area contributed by atoms with Crippen LogP contribution in [0.4, 0.5) is 4.79 Å². The number of H-pyrrole nitrogens is 1. The van der Waals surface area contributed by atoms with Crippen LogP contribution in [-0.2, 0) is 17.7 Å². The number of hydrogen-bond donors (Lipinski definition) is 1. The first-order chi connectivity index (χ1) is 20.4. The number of ether oxygens (including phenoxy) is 2. The van der Waals surface area contributed by atoms with Gasteiger partial charge in [0.25, 0.3) is 0 Å². The summed E-state index contributed by atoms with van der Waals surface area (Å²) in [5.41, 5.74) is 8.88. The fourth-order valence-corrected chi connectivity index (χ4v) is 5.47. The van der Waals surface area contributed by atoms with Crippen molar-refractivity contribution in [2.24, 2.45) is 0 Å². The van der Waals surface area contributed by atoms with Gasteiger partial charge >= 0.3 is 6.16 Å². The van der Waals surface area contributed by atoms with E-state index in [-0.39, 0.29) is 0 Å². The van der Waals surface area contributed by atoms with E-state index < -0.39 is 11.8 Å². The van der Waals surface area contributed by atoms with Crippen molar-refractivity contribution in [2.45, 2.75) is 86.3 Å². The molecule has 43 heavy (non-hydrogen) atoms. The van der Waals surface area contributed by atoms with Crippen LogP contribution in [0.2, 0.25) is 0 Å². The first-order valence-electron chi connectivity index (χ1n) is 15.1. The lowest BCUT2D eigenvalue weighted by Gasteiger charge is -2.19. The summed E-state index contributed by atoms with van der Waals surface area (Å²) in [6.07, 6.45) is 1.19. The van der Waals surface area contributed by atoms with E-state index in [1.165, 1.54) is 0 Å². The molecule has 0 unspecified atom stereocenters. The van der Waals surface area contributed by atoms with Crippen LogP contribution in [0, 0.1) is 13.8 Å². The molecular formula is C36H42N4O3. The molecule has 0 amide bonds. The van der Waals surface area contributed by atoms with Crippen LogP contribution >= 0.6 is 0 Å². The Bertz CT molecular complexity index is 1750. The Kier molecular flexibility index (Phi) is 8.45. The van der Waals surface area contributed by atoms with Crippen LogP contribution < -0.4 is 4.74 Å². The quantitative estimate of drug-likeness (QED) is 0.147. The standard InChI is InChI=1S/C36H42N4O3/c1-9-12-31-38-33-23(4)19-27(34-37-24(5)32(39-34)22(2)3)20-29(33)40(31)21-25-15-17-26(18-16-25)28-13-10-11-14-30(28)42-35(41)43-36(6,7)8/h10-11,13-20,22H,9,12,21H2,1-8H3,(H,37,39). The minimum atomic E-state index is -0.716. The Morgan fingerprint density at radius 3 is 2.35 bits per heavy atom. The highest BCUT2D eigenvalue weighted by molar-refractivity contribution is 5.85. The fraction of sp³-hybridized carbons (Fsp3) is 0.361. The molecule has 5 aromatic rings. The van der Waals surface area contributed by atoms with E-state index in [0.29, 0.717) is 18.2 Å². The first-order valence-corrected chi connectivity index (χ1v) is 15.1. The number of carbonyl (C=O) groups excluding carboxylic acids is 1. The summed E-state index contributed by atoms with van der Waals surface area (Å²) < 4.78 is 13.3. The van der Waals surface area contributed by atoms with E-state index in [9.17, 15) is 4.79 Å². The Labute approximate surface area is 254 Å². The minimum absolute atomic E-state index is 0.357. The zero-order valence-corrected chi connectivity index (χ0v) is 26.5. The smallest absolute Gasteiger partial charge is 0.428 e. The zero-order valence-electron chi connectivity index (χ0n) is 26.5. The Balaban J connectivity index is 1.47. The third-order valence-corrected chi connectivity index (χ3v) is 7.42. The summed E-state index contributed by atoms with van der Waals surface area (Å²) in [5, 5.41) is 0. The van der Waals surface area contributed by atoms with E-state index in [2.05, 4.69) is 80.6 Å². The Morgan fingerprint density at radius 2 is 1.70 bits per heavy atom. The van der Waals surface area contributed by atoms with Gasteiger partial charge in [-0.15, -0.1) is 0 Å². The number of aryl methyl sites for hydroxylation is 3. The molecule has 0 aliphatic rings. The number of rotatable bonds is 8. The van der Waals surface area contributed by atoms with Crippen molar-refractivity contribution in [3.8, 4) is 28.3 Å². The van der Waals surface area contributed by atoms with Crippen LogP contribution in [0.5, 0.6) is 5.75 Å². The van der Waals surface area contributed by atoms with Crippen molar-refractivity contribution in [1.29, 1.82) is 0 Å². The van der Waals surface area contributed by atoms with Gasteiger partial charge in [0.15, 0.2) is 0 Å². The van der Waals surface area contributed by atoms with Crippen LogP contribution in [0.1, 0.15) is 82.2 Å². The number of imidazole rings is 2. The van der Waals surface area contributed by atoms with Crippen molar-refractivity contribution in [3.63, 3.8) is 0 Å². The van der Waals surface area contributed by atoms with Crippen LogP contribution in [0.25, 0.3) is 33.5 Å². The summed E-state index contributed by atoms with van der Waals surface area (Å²) in [7, 11) is 0. The Hall–Kier alpha value is -4.39. The summed E-state index contributed by atoms with van der Waals surface area (Å²) in [4.78, 5) is 25.9. The number of nitrogens with zero attached hydrogens (tertiary/aromatic N) is 3. The van der Waals surface area contributed by atoms with Crippen molar-refractivity contribution in [1.82, 2.24) is 19.5 Å². The lowest BCUT2D eigenvalue weighted by molar-refractivity contribution is 0.0207. The highest BCUT2D eigenvalue weighted by atomic mass is 16.7. The molecule has 0 aliphatic heterocycles. The van der Waals surface area contributed by atoms with E-state index in [1.807, 2.05) is 39.0 Å². The summed E-state index contributed by atoms with van der Waals surface area (Å²) >= 11 is 0. The second-order valence-electron chi connectivity index (χ2n) is 12.5. The number of aromatic nitrogens is 4. The van der Waals surface area contributed by atoms with Crippen LogP contribution in [0.15, 0.2) is 60.7 Å². The molecule has 5 rings (SSSR count). The monoisotopic (exact) mass is 578 g/mol. The molecule has 0 atom stereocenters. The van der Waals surface area contributed by atoms with Gasteiger partial charge in [-0.1, -0.05) is 63.2 Å². The molecule has 7 heteroatoms. The molecule has 0 spiro atoms. The average molecular weight is 579 g/mol. The van der Waals surface area contributed by atoms with Gasteiger partial charge in [0.2, 0.25) is 0 Å². The van der Waals surface area contributed by atoms with E-state index in [1.54, 1.807) is 6.07 Å². The Morgan fingerprint density at radius 1 is 0.977 bits per heavy atom. The van der Waals surface area contributed by atoms with Gasteiger partial charge < -0.3 is 19.0 Å². The predicted octanol–water partition coefficient (Wildman–Crippen LogP) is 9.15. The van der Waals surface area contributed by atoms with Gasteiger partial charge in [0.1, 0.15) is 23.0 Å². The molecule has 2 aromatic heterocycles. The lowest BCUT2D eigenvalue weighted by atomic mass is 10.0. The van der Waals surface area contributed by atoms with Gasteiger partial charge in [-0.3, -0.25) is 0 Å². The maximum absolute atomic E-state index is 12.4. The number of aromatic amines is 1. The van der Waals surface area contributed by atoms with Crippen molar-refractivity contribution in [2.75, 3.05) is 0 Å². The molecule has 0 radical (unpaired) electrons. The first kappa shape index (κ1) is 30.1. The maximum Gasteiger partial charge on any atom is 0.514 e. The van der Waals surface area contributed by atoms with Gasteiger partial charge in [-0.2, -0.15) is 0 Å². The highest BCUT2D eigenvalue weighted by Gasteiger charge is 2.20. The van der Waals surface area contributed by atoms with Gasteiger partial charge in [0, 0.05) is 29.8 Å². The molecule has 0 bridgehead atoms. The molecule has 7 nitrogen and oxygen atoms in total. The summed E-state index contributed by atoms with van der Waals surface area (Å²) in [6, 6.07) is 20.3. The second kappa shape index (κ2) is 12.1. The molecule has 1 N–H and O–H groups in total. The SMILES string of the molecule is CCCc1nc2c(C)cc(-c3nc(C(C)C)c(C)[nH]3)cc2n1Cc1ccc(-c2ccccc2OC(=O)OC(C)(C)C)cc1. The average Bonchev–Trinajstić information content (AvgIpc) is 3.49. The largest absolute Gasteiger partial charge is 0.514 e. The third-order valence-electron chi connectivity index (χ3n) is 7.42. The van der Waals surface area contributed by atoms with Crippen molar-refractivity contribution in [3.05, 3.63) is 89.0 Å². The van der Waals surface area contributed by atoms with Gasteiger partial charge in [-0.25, -0.2) is 14.8 Å². The number of hydrogen-bond acceptors (Lipinski definition) is 5. The van der Waals surface area contributed by atoms with Crippen molar-refractivity contribution >= 4 is 17.2 Å².